The van der Waals surface area contributed by atoms with Gasteiger partial charge < -0.3 is 10.4 Å². The SMILES string of the molecule is C[C@@H](O)CNC1CCc2sc(Br)cc21. The summed E-state index contributed by atoms with van der Waals surface area (Å²) in [5.74, 6) is 0. The van der Waals surface area contributed by atoms with Gasteiger partial charge in [0.1, 0.15) is 0 Å². The van der Waals surface area contributed by atoms with Gasteiger partial charge in [0.15, 0.2) is 0 Å². The molecule has 0 fully saturated rings. The lowest BCUT2D eigenvalue weighted by molar-refractivity contribution is 0.186. The maximum atomic E-state index is 9.20. The van der Waals surface area contributed by atoms with Crippen molar-refractivity contribution in [1.29, 1.82) is 0 Å². The molecular formula is C10H14BrNOS. The Morgan fingerprint density at radius 2 is 2.57 bits per heavy atom. The molecule has 2 rings (SSSR count). The average molecular weight is 276 g/mol. The van der Waals surface area contributed by atoms with Crippen molar-refractivity contribution in [3.05, 3.63) is 20.3 Å². The Balaban J connectivity index is 2.02. The van der Waals surface area contributed by atoms with Crippen LogP contribution in [0.15, 0.2) is 9.85 Å². The van der Waals surface area contributed by atoms with Gasteiger partial charge in [-0.05, 0) is 47.3 Å². The summed E-state index contributed by atoms with van der Waals surface area (Å²) in [5.41, 5.74) is 1.42. The number of hydrogen-bond donors (Lipinski definition) is 2. The molecule has 0 bridgehead atoms. The van der Waals surface area contributed by atoms with Crippen molar-refractivity contribution < 1.29 is 5.11 Å². The molecule has 0 saturated heterocycles. The second-order valence-electron chi connectivity index (χ2n) is 3.78. The van der Waals surface area contributed by atoms with E-state index < -0.39 is 0 Å². The van der Waals surface area contributed by atoms with Crippen molar-refractivity contribution in [3.63, 3.8) is 0 Å². The number of aliphatic hydroxyl groups is 1. The van der Waals surface area contributed by atoms with Crippen molar-refractivity contribution in [1.82, 2.24) is 5.32 Å². The molecule has 2 N–H and O–H groups in total. The van der Waals surface area contributed by atoms with Crippen LogP contribution in [0.1, 0.15) is 29.8 Å². The van der Waals surface area contributed by atoms with Gasteiger partial charge in [-0.15, -0.1) is 11.3 Å². The third-order valence-electron chi connectivity index (χ3n) is 2.51. The minimum atomic E-state index is -0.263. The highest BCUT2D eigenvalue weighted by Crippen LogP contribution is 2.39. The van der Waals surface area contributed by atoms with E-state index in [-0.39, 0.29) is 6.10 Å². The van der Waals surface area contributed by atoms with E-state index in [0.29, 0.717) is 12.6 Å². The topological polar surface area (TPSA) is 32.3 Å². The van der Waals surface area contributed by atoms with Crippen molar-refractivity contribution >= 4 is 27.3 Å². The van der Waals surface area contributed by atoms with E-state index in [0.717, 1.165) is 0 Å². The van der Waals surface area contributed by atoms with Crippen molar-refractivity contribution in [2.45, 2.75) is 31.9 Å². The van der Waals surface area contributed by atoms with Gasteiger partial charge in [0.25, 0.3) is 0 Å². The van der Waals surface area contributed by atoms with Crippen LogP contribution >= 0.6 is 27.3 Å². The number of hydrogen-bond acceptors (Lipinski definition) is 3. The quantitative estimate of drug-likeness (QED) is 0.889. The van der Waals surface area contributed by atoms with Gasteiger partial charge in [0.2, 0.25) is 0 Å². The van der Waals surface area contributed by atoms with Gasteiger partial charge in [0, 0.05) is 17.5 Å². The zero-order valence-electron chi connectivity index (χ0n) is 8.09. The average Bonchev–Trinajstić information content (AvgIpc) is 2.60. The summed E-state index contributed by atoms with van der Waals surface area (Å²) >= 11 is 5.34. The van der Waals surface area contributed by atoms with Crippen LogP contribution < -0.4 is 5.32 Å². The Hall–Kier alpha value is 0.100. The van der Waals surface area contributed by atoms with Crippen LogP contribution in [0.25, 0.3) is 0 Å². The molecule has 0 amide bonds. The molecule has 1 heterocycles. The Morgan fingerprint density at radius 3 is 3.29 bits per heavy atom. The molecule has 0 saturated carbocycles. The number of aliphatic hydroxyl groups excluding tert-OH is 1. The summed E-state index contributed by atoms with van der Waals surface area (Å²) in [4.78, 5) is 1.49. The molecule has 0 radical (unpaired) electrons. The number of thiophene rings is 1. The van der Waals surface area contributed by atoms with Crippen LogP contribution in [0, 0.1) is 0 Å². The Labute approximate surface area is 96.5 Å². The maximum Gasteiger partial charge on any atom is 0.0704 e. The summed E-state index contributed by atoms with van der Waals surface area (Å²) < 4.78 is 1.21. The summed E-state index contributed by atoms with van der Waals surface area (Å²) in [7, 11) is 0. The molecule has 1 aromatic rings. The normalized spacial score (nSPS) is 22.4. The van der Waals surface area contributed by atoms with Crippen LogP contribution in [0.4, 0.5) is 0 Å². The van der Waals surface area contributed by atoms with Gasteiger partial charge in [-0.3, -0.25) is 0 Å². The highest BCUT2D eigenvalue weighted by atomic mass is 79.9. The molecule has 0 aromatic carbocycles. The number of rotatable bonds is 3. The molecule has 0 aliphatic heterocycles. The third kappa shape index (κ3) is 2.19. The first-order valence-electron chi connectivity index (χ1n) is 4.86. The Morgan fingerprint density at radius 1 is 1.79 bits per heavy atom. The summed E-state index contributed by atoms with van der Waals surface area (Å²) in [6.45, 7) is 2.49. The van der Waals surface area contributed by atoms with E-state index in [9.17, 15) is 5.11 Å². The first-order valence-corrected chi connectivity index (χ1v) is 6.47. The van der Waals surface area contributed by atoms with Gasteiger partial charge in [-0.1, -0.05) is 0 Å². The van der Waals surface area contributed by atoms with Crippen molar-refractivity contribution in [2.24, 2.45) is 0 Å². The Bertz CT molecular complexity index is 324. The maximum absolute atomic E-state index is 9.20. The van der Waals surface area contributed by atoms with Gasteiger partial charge in [0.05, 0.1) is 9.89 Å². The molecule has 1 aliphatic rings. The first-order chi connectivity index (χ1) is 6.66. The van der Waals surface area contributed by atoms with Gasteiger partial charge in [-0.25, -0.2) is 0 Å². The summed E-state index contributed by atoms with van der Waals surface area (Å²) in [5, 5.41) is 12.6. The van der Waals surface area contributed by atoms with Gasteiger partial charge >= 0.3 is 0 Å². The summed E-state index contributed by atoms with van der Waals surface area (Å²) in [6.07, 6.45) is 2.07. The molecule has 14 heavy (non-hydrogen) atoms. The molecule has 2 nitrogen and oxygen atoms in total. The molecular weight excluding hydrogens is 262 g/mol. The van der Waals surface area contributed by atoms with Crippen LogP contribution in [0.3, 0.4) is 0 Å². The molecule has 4 heteroatoms. The highest BCUT2D eigenvalue weighted by molar-refractivity contribution is 9.11. The molecule has 2 atom stereocenters. The molecule has 0 spiro atoms. The first kappa shape index (κ1) is 10.6. The lowest BCUT2D eigenvalue weighted by Crippen LogP contribution is -2.27. The molecule has 1 unspecified atom stereocenters. The fourth-order valence-electron chi connectivity index (χ4n) is 1.85. The second-order valence-corrected chi connectivity index (χ2v) is 6.29. The van der Waals surface area contributed by atoms with E-state index in [4.69, 9.17) is 0 Å². The standard InChI is InChI=1S/C10H14BrNOS/c1-6(13)5-12-8-2-3-9-7(8)4-10(11)14-9/h4,6,8,12-13H,2-3,5H2,1H3/t6-,8?/m1/s1. The van der Waals surface area contributed by atoms with Crippen LogP contribution in [0.5, 0.6) is 0 Å². The van der Waals surface area contributed by atoms with Crippen LogP contribution in [-0.4, -0.2) is 17.8 Å². The lowest BCUT2D eigenvalue weighted by atomic mass is 10.2. The van der Waals surface area contributed by atoms with E-state index in [1.54, 1.807) is 0 Å². The highest BCUT2D eigenvalue weighted by Gasteiger charge is 2.24. The Kier molecular flexibility index (Phi) is 3.27. The zero-order valence-corrected chi connectivity index (χ0v) is 10.5. The van der Waals surface area contributed by atoms with E-state index in [2.05, 4.69) is 27.3 Å². The minimum Gasteiger partial charge on any atom is -0.392 e. The largest absolute Gasteiger partial charge is 0.392 e. The fourth-order valence-corrected chi connectivity index (χ4v) is 3.65. The van der Waals surface area contributed by atoms with E-state index in [1.165, 1.54) is 27.1 Å². The summed E-state index contributed by atoms with van der Waals surface area (Å²) in [6, 6.07) is 2.65. The van der Waals surface area contributed by atoms with E-state index in [1.807, 2.05) is 18.3 Å². The fraction of sp³-hybridized carbons (Fsp3) is 0.600. The second kappa shape index (κ2) is 4.31. The smallest absolute Gasteiger partial charge is 0.0704 e. The van der Waals surface area contributed by atoms with Crippen molar-refractivity contribution in [3.8, 4) is 0 Å². The molecule has 78 valence electrons. The number of halogens is 1. The molecule has 1 aliphatic carbocycles. The number of aryl methyl sites for hydroxylation is 1. The van der Waals surface area contributed by atoms with E-state index >= 15 is 0 Å². The van der Waals surface area contributed by atoms with Crippen molar-refractivity contribution in [2.75, 3.05) is 6.54 Å². The van der Waals surface area contributed by atoms with Crippen LogP contribution in [-0.2, 0) is 6.42 Å². The lowest BCUT2D eigenvalue weighted by Gasteiger charge is -2.13. The number of fused-ring (bicyclic) bond motifs is 1. The number of nitrogens with one attached hydrogen (secondary N) is 1. The predicted octanol–water partition coefficient (Wildman–Crippen LogP) is 2.47. The minimum absolute atomic E-state index is 0.263. The molecule has 1 aromatic heterocycles. The monoisotopic (exact) mass is 275 g/mol. The van der Waals surface area contributed by atoms with Gasteiger partial charge in [-0.2, -0.15) is 0 Å². The van der Waals surface area contributed by atoms with Crippen LogP contribution in [0.2, 0.25) is 0 Å². The predicted molar refractivity (Wildman–Crippen MR) is 62.8 cm³/mol. The zero-order chi connectivity index (χ0) is 10.1. The third-order valence-corrected chi connectivity index (χ3v) is 4.22.